The molecule has 5 heteroatoms. The van der Waals surface area contributed by atoms with E-state index in [1.807, 2.05) is 0 Å². The van der Waals surface area contributed by atoms with Crippen LogP contribution in [0.3, 0.4) is 0 Å². The van der Waals surface area contributed by atoms with Gasteiger partial charge in [0.25, 0.3) is 0 Å². The van der Waals surface area contributed by atoms with Crippen LogP contribution in [0.4, 0.5) is 0 Å². The minimum Gasteiger partial charge on any atom is -0.506 e. The maximum Gasteiger partial charge on any atom is 0.338 e. The summed E-state index contributed by atoms with van der Waals surface area (Å²) in [6, 6.07) is 8.02. The monoisotopic (exact) mass is 243 g/mol. The lowest BCUT2D eigenvalue weighted by molar-refractivity contribution is 0.0700. The van der Waals surface area contributed by atoms with E-state index in [4.69, 9.17) is 0 Å². The molecule has 0 radical (unpaired) electrons. The number of aromatic nitrogens is 1. The Bertz CT molecular complexity index is 788. The molecule has 2 heterocycles. The predicted octanol–water partition coefficient (Wildman–Crippen LogP) is 2.20. The van der Waals surface area contributed by atoms with E-state index in [1.54, 1.807) is 24.3 Å². The molecular weight excluding hydrogens is 234 g/mol. The quantitative estimate of drug-likeness (QED) is 0.612. The van der Waals surface area contributed by atoms with Crippen molar-refractivity contribution in [1.29, 1.82) is 0 Å². The second-order valence-electron chi connectivity index (χ2n) is 4.00. The normalized spacial score (nSPS) is 11.1. The average molecular weight is 243 g/mol. The molecule has 1 aromatic carbocycles. The van der Waals surface area contributed by atoms with Crippen molar-refractivity contribution in [2.45, 2.75) is 0 Å². The topological polar surface area (TPSA) is 82.2 Å². The Hall–Kier alpha value is -2.69. The van der Waals surface area contributed by atoms with Crippen LogP contribution in [-0.4, -0.2) is 25.7 Å². The summed E-state index contributed by atoms with van der Waals surface area (Å²) in [6.45, 7) is 0. The molecule has 0 spiro atoms. The van der Waals surface area contributed by atoms with Gasteiger partial charge in [-0.1, -0.05) is 18.2 Å². The summed E-state index contributed by atoms with van der Waals surface area (Å²) in [6.07, 6.45) is 1.38. The number of rotatable bonds is 1. The lowest BCUT2D eigenvalue weighted by Gasteiger charge is -2.01. The van der Waals surface area contributed by atoms with Gasteiger partial charge in [0.1, 0.15) is 17.0 Å². The Morgan fingerprint density at radius 1 is 1.17 bits per heavy atom. The van der Waals surface area contributed by atoms with E-state index in [0.29, 0.717) is 10.9 Å². The number of pyridine rings is 1. The molecule has 3 rings (SSSR count). The minimum absolute atomic E-state index is 0.0306. The highest BCUT2D eigenvalue weighted by atomic mass is 16.4. The van der Waals surface area contributed by atoms with Crippen molar-refractivity contribution < 1.29 is 20.1 Å². The fourth-order valence-electron chi connectivity index (χ4n) is 2.24. The summed E-state index contributed by atoms with van der Waals surface area (Å²) in [5.74, 6) is -1.50. The number of carboxylic acid groups (broad SMARTS) is 1. The molecule has 90 valence electrons. The molecule has 0 aliphatic heterocycles. The molecule has 0 bridgehead atoms. The third-order valence-electron chi connectivity index (χ3n) is 2.91. The van der Waals surface area contributed by atoms with Crippen molar-refractivity contribution in [3.8, 4) is 11.5 Å². The first-order valence-electron chi connectivity index (χ1n) is 5.27. The molecule has 3 aromatic rings. The number of carbonyl (C=O) groups is 1. The number of para-hydroxylation sites is 1. The van der Waals surface area contributed by atoms with Crippen LogP contribution in [0.1, 0.15) is 10.4 Å². The zero-order valence-electron chi connectivity index (χ0n) is 9.16. The molecule has 18 heavy (non-hydrogen) atoms. The molecule has 0 fully saturated rings. The molecule has 0 aliphatic rings. The Morgan fingerprint density at radius 2 is 1.89 bits per heavy atom. The molecule has 2 aromatic heterocycles. The van der Waals surface area contributed by atoms with Gasteiger partial charge in [0.05, 0.1) is 17.3 Å². The van der Waals surface area contributed by atoms with Gasteiger partial charge in [-0.3, -0.25) is 0 Å². The SMILES string of the molecule is O=C(O)c1c2ccccc2n2cc(O)cc(O)c12. The molecule has 0 amide bonds. The summed E-state index contributed by atoms with van der Waals surface area (Å²) in [4.78, 5) is 11.3. The molecule has 5 nitrogen and oxygen atoms in total. The van der Waals surface area contributed by atoms with Gasteiger partial charge in [-0.2, -0.15) is 0 Å². The third-order valence-corrected chi connectivity index (χ3v) is 2.91. The Labute approximate surface area is 101 Å². The molecule has 0 saturated carbocycles. The second kappa shape index (κ2) is 3.40. The Morgan fingerprint density at radius 3 is 2.61 bits per heavy atom. The number of fused-ring (bicyclic) bond motifs is 3. The fraction of sp³-hybridized carbons (Fsp3) is 0. The van der Waals surface area contributed by atoms with Gasteiger partial charge in [0.2, 0.25) is 0 Å². The van der Waals surface area contributed by atoms with Crippen LogP contribution in [0.25, 0.3) is 16.4 Å². The molecule has 0 unspecified atom stereocenters. The van der Waals surface area contributed by atoms with Gasteiger partial charge in [-0.25, -0.2) is 4.79 Å². The van der Waals surface area contributed by atoms with Crippen molar-refractivity contribution in [2.24, 2.45) is 0 Å². The molecular formula is C13H9NO4. The lowest BCUT2D eigenvalue weighted by Crippen LogP contribution is -1.96. The van der Waals surface area contributed by atoms with Gasteiger partial charge in [-0.15, -0.1) is 0 Å². The number of benzene rings is 1. The number of aromatic carboxylic acids is 1. The van der Waals surface area contributed by atoms with Crippen molar-refractivity contribution in [1.82, 2.24) is 4.40 Å². The van der Waals surface area contributed by atoms with E-state index in [9.17, 15) is 20.1 Å². The summed E-state index contributed by atoms with van der Waals surface area (Å²) >= 11 is 0. The van der Waals surface area contributed by atoms with E-state index in [-0.39, 0.29) is 22.6 Å². The van der Waals surface area contributed by atoms with Gasteiger partial charge < -0.3 is 19.7 Å². The van der Waals surface area contributed by atoms with Crippen molar-refractivity contribution in [3.05, 3.63) is 42.1 Å². The number of hydrogen-bond acceptors (Lipinski definition) is 3. The lowest BCUT2D eigenvalue weighted by atomic mass is 10.1. The minimum atomic E-state index is -1.12. The van der Waals surface area contributed by atoms with Gasteiger partial charge >= 0.3 is 5.97 Å². The van der Waals surface area contributed by atoms with Crippen molar-refractivity contribution in [3.63, 3.8) is 0 Å². The van der Waals surface area contributed by atoms with Crippen LogP contribution >= 0.6 is 0 Å². The highest BCUT2D eigenvalue weighted by molar-refractivity contribution is 6.12. The highest BCUT2D eigenvalue weighted by Crippen LogP contribution is 2.34. The first-order valence-corrected chi connectivity index (χ1v) is 5.27. The standard InChI is InChI=1S/C13H9NO4/c15-7-5-10(16)12-11(13(17)18)8-3-1-2-4-9(8)14(12)6-7/h1-6,15-16H,(H,17,18). The number of aromatic hydroxyl groups is 2. The number of hydrogen-bond donors (Lipinski definition) is 3. The van der Waals surface area contributed by atoms with Crippen molar-refractivity contribution in [2.75, 3.05) is 0 Å². The number of carboxylic acids is 1. The first-order chi connectivity index (χ1) is 8.59. The van der Waals surface area contributed by atoms with Gasteiger partial charge in [0.15, 0.2) is 0 Å². The van der Waals surface area contributed by atoms with Gasteiger partial charge in [0, 0.05) is 11.5 Å². The van der Waals surface area contributed by atoms with E-state index in [1.165, 1.54) is 10.6 Å². The van der Waals surface area contributed by atoms with Crippen LogP contribution in [0.15, 0.2) is 36.5 Å². The molecule has 0 saturated heterocycles. The smallest absolute Gasteiger partial charge is 0.338 e. The summed E-state index contributed by atoms with van der Waals surface area (Å²) < 4.78 is 1.48. The van der Waals surface area contributed by atoms with Crippen LogP contribution in [-0.2, 0) is 0 Å². The van der Waals surface area contributed by atoms with Crippen molar-refractivity contribution >= 4 is 22.4 Å². The van der Waals surface area contributed by atoms with E-state index in [0.717, 1.165) is 6.07 Å². The van der Waals surface area contributed by atoms with E-state index in [2.05, 4.69) is 0 Å². The van der Waals surface area contributed by atoms with Crippen LogP contribution in [0.5, 0.6) is 11.5 Å². The zero-order valence-corrected chi connectivity index (χ0v) is 9.16. The zero-order chi connectivity index (χ0) is 12.9. The second-order valence-corrected chi connectivity index (χ2v) is 4.00. The fourth-order valence-corrected chi connectivity index (χ4v) is 2.24. The summed E-state index contributed by atoms with van der Waals surface area (Å²) in [7, 11) is 0. The molecule has 0 atom stereocenters. The Balaban J connectivity index is 2.67. The van der Waals surface area contributed by atoms with Crippen LogP contribution in [0.2, 0.25) is 0 Å². The maximum atomic E-state index is 11.3. The molecule has 3 N–H and O–H groups in total. The van der Waals surface area contributed by atoms with E-state index < -0.39 is 5.97 Å². The summed E-state index contributed by atoms with van der Waals surface area (Å²) in [5.41, 5.74) is 0.834. The van der Waals surface area contributed by atoms with Crippen LogP contribution < -0.4 is 0 Å². The largest absolute Gasteiger partial charge is 0.506 e. The Kier molecular flexibility index (Phi) is 1.98. The third kappa shape index (κ3) is 1.24. The average Bonchev–Trinajstić information content (AvgIpc) is 2.64. The highest BCUT2D eigenvalue weighted by Gasteiger charge is 2.20. The van der Waals surface area contributed by atoms with E-state index >= 15 is 0 Å². The summed E-state index contributed by atoms with van der Waals surface area (Å²) in [5, 5.41) is 29.1. The maximum absolute atomic E-state index is 11.3. The first kappa shape index (κ1) is 10.5. The molecule has 0 aliphatic carbocycles. The predicted molar refractivity (Wildman–Crippen MR) is 65.2 cm³/mol. The van der Waals surface area contributed by atoms with Gasteiger partial charge in [-0.05, 0) is 6.07 Å². The van der Waals surface area contributed by atoms with Crippen LogP contribution in [0, 0.1) is 0 Å². The number of nitrogens with zero attached hydrogens (tertiary/aromatic N) is 1.